The van der Waals surface area contributed by atoms with E-state index in [1.54, 1.807) is 11.0 Å². The van der Waals surface area contributed by atoms with E-state index in [4.69, 9.17) is 11.6 Å². The van der Waals surface area contributed by atoms with Crippen molar-refractivity contribution < 1.29 is 14.4 Å². The van der Waals surface area contributed by atoms with Gasteiger partial charge in [0.05, 0.1) is 5.41 Å². The third-order valence-electron chi connectivity index (χ3n) is 8.59. The highest BCUT2D eigenvalue weighted by atomic mass is 35.5. The van der Waals surface area contributed by atoms with Crippen LogP contribution in [0.3, 0.4) is 0 Å². The van der Waals surface area contributed by atoms with Crippen molar-refractivity contribution in [3.8, 4) is 0 Å². The van der Waals surface area contributed by atoms with Crippen molar-refractivity contribution in [3.05, 3.63) is 64.7 Å². The molecule has 2 unspecified atom stereocenters. The summed E-state index contributed by atoms with van der Waals surface area (Å²) in [5.41, 5.74) is 2.30. The number of anilines is 1. The van der Waals surface area contributed by atoms with Gasteiger partial charge in [0, 0.05) is 55.4 Å². The van der Waals surface area contributed by atoms with Gasteiger partial charge in [0.25, 0.3) is 0 Å². The first-order valence-electron chi connectivity index (χ1n) is 13.9. The monoisotopic (exact) mass is 551 g/mol. The molecule has 2 N–H and O–H groups in total. The minimum Gasteiger partial charge on any atom is -0.341 e. The molecule has 0 aromatic heterocycles. The van der Waals surface area contributed by atoms with Crippen LogP contribution in [0.2, 0.25) is 5.02 Å². The molecule has 5 rings (SSSR count). The van der Waals surface area contributed by atoms with E-state index in [0.29, 0.717) is 50.5 Å². The number of likely N-dealkylation sites (N-methyl/N-ethyl adjacent to an activating group) is 1. The summed E-state index contributed by atoms with van der Waals surface area (Å²) < 4.78 is 0. The topological polar surface area (TPSA) is 85.0 Å². The molecule has 0 spiro atoms. The molecule has 3 heterocycles. The number of carbonyl (C=O) groups excluding carboxylic acids is 3. The number of halogens is 1. The highest BCUT2D eigenvalue weighted by Gasteiger charge is 2.47. The Bertz CT molecular complexity index is 1240. The number of nitrogens with zero attached hydrogens (tertiary/aromatic N) is 3. The molecule has 208 valence electrons. The summed E-state index contributed by atoms with van der Waals surface area (Å²) in [6.07, 6.45) is 2.57. The summed E-state index contributed by atoms with van der Waals surface area (Å²) >= 11 is 6.44. The van der Waals surface area contributed by atoms with Crippen LogP contribution in [0.15, 0.2) is 48.5 Å². The van der Waals surface area contributed by atoms with E-state index in [1.807, 2.05) is 73.2 Å². The van der Waals surface area contributed by atoms with Crippen molar-refractivity contribution in [1.82, 2.24) is 20.4 Å². The van der Waals surface area contributed by atoms with Gasteiger partial charge in [0.2, 0.25) is 11.8 Å². The quantitative estimate of drug-likeness (QED) is 0.575. The van der Waals surface area contributed by atoms with Gasteiger partial charge < -0.3 is 25.3 Å². The predicted molar refractivity (Wildman–Crippen MR) is 153 cm³/mol. The fraction of sp³-hybridized carbons (Fsp3) is 0.500. The lowest BCUT2D eigenvalue weighted by atomic mass is 9.86. The van der Waals surface area contributed by atoms with Crippen LogP contribution in [0.25, 0.3) is 0 Å². The number of urea groups is 1. The zero-order valence-corrected chi connectivity index (χ0v) is 23.7. The first kappa shape index (κ1) is 27.5. The molecule has 2 fully saturated rings. The normalized spacial score (nSPS) is 21.7. The predicted octanol–water partition coefficient (Wildman–Crippen LogP) is 3.57. The smallest absolute Gasteiger partial charge is 0.318 e. The molecule has 2 aromatic carbocycles. The Morgan fingerprint density at radius 2 is 1.67 bits per heavy atom. The molecule has 2 saturated heterocycles. The van der Waals surface area contributed by atoms with Crippen LogP contribution < -0.4 is 15.5 Å². The molecule has 8 nitrogen and oxygen atoms in total. The van der Waals surface area contributed by atoms with Gasteiger partial charge >= 0.3 is 6.03 Å². The van der Waals surface area contributed by atoms with Gasteiger partial charge in [-0.15, -0.1) is 0 Å². The first-order chi connectivity index (χ1) is 18.7. The van der Waals surface area contributed by atoms with Crippen LogP contribution >= 0.6 is 11.6 Å². The number of piperidine rings is 1. The first-order valence-corrected chi connectivity index (χ1v) is 14.3. The lowest BCUT2D eigenvalue weighted by Crippen LogP contribution is -2.56. The molecule has 3 aliphatic heterocycles. The number of hydrogen-bond acceptors (Lipinski definition) is 4. The summed E-state index contributed by atoms with van der Waals surface area (Å²) in [6, 6.07) is 14.8. The van der Waals surface area contributed by atoms with E-state index in [1.165, 1.54) is 0 Å². The summed E-state index contributed by atoms with van der Waals surface area (Å²) in [6.45, 7) is 6.27. The van der Waals surface area contributed by atoms with Crippen molar-refractivity contribution in [2.24, 2.45) is 0 Å². The SMILES string of the molecule is CNC1CCN(C(=O)NC(Cc2ccccc2Cl)C(=O)N2CCC(N3C(=O)C(C)(C)c4ccccc43)CC2)C1. The fourth-order valence-corrected chi connectivity index (χ4v) is 6.38. The second kappa shape index (κ2) is 11.2. The molecule has 0 radical (unpaired) electrons. The summed E-state index contributed by atoms with van der Waals surface area (Å²) in [4.78, 5) is 45.9. The number of rotatable bonds is 6. The Labute approximate surface area is 235 Å². The maximum absolute atomic E-state index is 13.8. The van der Waals surface area contributed by atoms with Crippen molar-refractivity contribution in [1.29, 1.82) is 0 Å². The van der Waals surface area contributed by atoms with Crippen LogP contribution in [0.1, 0.15) is 44.2 Å². The highest BCUT2D eigenvalue weighted by Crippen LogP contribution is 2.43. The molecular weight excluding hydrogens is 514 g/mol. The summed E-state index contributed by atoms with van der Waals surface area (Å²) in [5.74, 6) is 0.00221. The highest BCUT2D eigenvalue weighted by molar-refractivity contribution is 6.31. The summed E-state index contributed by atoms with van der Waals surface area (Å²) in [5, 5.41) is 6.82. The van der Waals surface area contributed by atoms with E-state index >= 15 is 0 Å². The van der Waals surface area contributed by atoms with Crippen molar-refractivity contribution >= 4 is 35.1 Å². The molecule has 2 aromatic rings. The molecule has 3 aliphatic rings. The number of fused-ring (bicyclic) bond motifs is 1. The standard InChI is InChI=1S/C30H38ClN5O3/c1-30(2)23-9-5-7-11-26(23)36(28(30)38)22-13-16-34(17-14-22)27(37)25(18-20-8-4-6-10-24(20)31)33-29(39)35-15-12-21(19-35)32-3/h4-11,21-22,25,32H,12-19H2,1-3H3,(H,33,39). The number of carbonyl (C=O) groups is 3. The second-order valence-electron chi connectivity index (χ2n) is 11.4. The van der Waals surface area contributed by atoms with Gasteiger partial charge in [-0.05, 0) is 63.4 Å². The van der Waals surface area contributed by atoms with Crippen molar-refractivity contribution in [3.63, 3.8) is 0 Å². The molecule has 4 amide bonds. The molecule has 2 atom stereocenters. The van der Waals surface area contributed by atoms with Crippen molar-refractivity contribution in [2.75, 3.05) is 38.1 Å². The second-order valence-corrected chi connectivity index (χ2v) is 11.8. The van der Waals surface area contributed by atoms with E-state index < -0.39 is 11.5 Å². The van der Waals surface area contributed by atoms with Crippen LogP contribution in [0.4, 0.5) is 10.5 Å². The van der Waals surface area contributed by atoms with E-state index in [9.17, 15) is 14.4 Å². The van der Waals surface area contributed by atoms with Gasteiger partial charge in [-0.3, -0.25) is 9.59 Å². The van der Waals surface area contributed by atoms with Crippen LogP contribution in [-0.4, -0.2) is 79.0 Å². The maximum Gasteiger partial charge on any atom is 0.318 e. The van der Waals surface area contributed by atoms with Gasteiger partial charge in [-0.1, -0.05) is 48.0 Å². The molecule has 9 heteroatoms. The Hall–Kier alpha value is -3.10. The average molecular weight is 552 g/mol. The van der Waals surface area contributed by atoms with Crippen molar-refractivity contribution in [2.45, 2.75) is 63.1 Å². The Morgan fingerprint density at radius 3 is 2.36 bits per heavy atom. The molecule has 0 aliphatic carbocycles. The average Bonchev–Trinajstić information content (AvgIpc) is 3.50. The number of benzene rings is 2. The molecular formula is C30H38ClN5O3. The van der Waals surface area contributed by atoms with E-state index in [0.717, 1.165) is 23.2 Å². The van der Waals surface area contributed by atoms with Gasteiger partial charge in [0.1, 0.15) is 6.04 Å². The van der Waals surface area contributed by atoms with E-state index in [-0.39, 0.29) is 29.9 Å². The lowest BCUT2D eigenvalue weighted by Gasteiger charge is -2.39. The van der Waals surface area contributed by atoms with Crippen LogP contribution in [0, 0.1) is 0 Å². The van der Waals surface area contributed by atoms with Crippen LogP contribution in [-0.2, 0) is 21.4 Å². The van der Waals surface area contributed by atoms with E-state index in [2.05, 4.69) is 10.6 Å². The number of likely N-dealkylation sites (tertiary alicyclic amines) is 2. The third kappa shape index (κ3) is 5.37. The number of amides is 4. The fourth-order valence-electron chi connectivity index (χ4n) is 6.17. The number of hydrogen-bond donors (Lipinski definition) is 2. The van der Waals surface area contributed by atoms with Gasteiger partial charge in [-0.25, -0.2) is 4.79 Å². The molecule has 0 saturated carbocycles. The third-order valence-corrected chi connectivity index (χ3v) is 8.96. The van der Waals surface area contributed by atoms with Crippen LogP contribution in [0.5, 0.6) is 0 Å². The number of nitrogens with one attached hydrogen (secondary N) is 2. The molecule has 0 bridgehead atoms. The zero-order valence-electron chi connectivity index (χ0n) is 23.0. The van der Waals surface area contributed by atoms with Gasteiger partial charge in [-0.2, -0.15) is 0 Å². The number of para-hydroxylation sites is 1. The largest absolute Gasteiger partial charge is 0.341 e. The lowest BCUT2D eigenvalue weighted by molar-refractivity contribution is -0.134. The van der Waals surface area contributed by atoms with Gasteiger partial charge in [0.15, 0.2) is 0 Å². The Balaban J connectivity index is 1.29. The minimum atomic E-state index is -0.726. The Kier molecular flexibility index (Phi) is 7.87. The zero-order chi connectivity index (χ0) is 27.7. The maximum atomic E-state index is 13.8. The minimum absolute atomic E-state index is 0.0316. The molecule has 39 heavy (non-hydrogen) atoms. The summed E-state index contributed by atoms with van der Waals surface area (Å²) in [7, 11) is 1.90. The Morgan fingerprint density at radius 1 is 1.00 bits per heavy atom.